The molecule has 2 saturated carbocycles. The van der Waals surface area contributed by atoms with E-state index < -0.39 is 11.9 Å². The molecule has 276 valence electrons. The minimum absolute atomic E-state index is 0. The summed E-state index contributed by atoms with van der Waals surface area (Å²) in [6.45, 7) is 4.74. The van der Waals surface area contributed by atoms with Gasteiger partial charge in [0.2, 0.25) is 0 Å². The maximum atomic E-state index is 10.9. The summed E-state index contributed by atoms with van der Waals surface area (Å²) >= 11 is 0. The molecule has 2 atom stereocenters. The maximum absolute atomic E-state index is 10.9. The molecule has 2 spiro atoms. The number of carbonyl (C=O) groups excluding carboxylic acids is 2. The Hall–Kier alpha value is -3.42. The number of hydrogen-bond donors (Lipinski definition) is 0. The first-order valence-electron chi connectivity index (χ1n) is 19.3. The minimum Gasteiger partial charge on any atom is -0.550 e. The molecule has 7 heteroatoms. The topological polar surface area (TPSA) is 98.7 Å². The van der Waals surface area contributed by atoms with E-state index in [0.717, 1.165) is 35.5 Å². The summed E-state index contributed by atoms with van der Waals surface area (Å²) in [6, 6.07) is 15.2. The fourth-order valence-corrected chi connectivity index (χ4v) is 8.80. The van der Waals surface area contributed by atoms with Gasteiger partial charge < -0.3 is 29.3 Å². The molecule has 4 aliphatic carbocycles. The van der Waals surface area contributed by atoms with Gasteiger partial charge in [0.05, 0.1) is 11.8 Å². The van der Waals surface area contributed by atoms with Gasteiger partial charge in [0, 0.05) is 24.8 Å². The van der Waals surface area contributed by atoms with Crippen LogP contribution in [0, 0.1) is 34.5 Å². The van der Waals surface area contributed by atoms with Gasteiger partial charge in [-0.15, -0.1) is 11.8 Å². The van der Waals surface area contributed by atoms with E-state index in [2.05, 4.69) is 35.8 Å². The van der Waals surface area contributed by atoms with E-state index in [-0.39, 0.29) is 54.2 Å². The second-order valence-electron chi connectivity index (χ2n) is 15.2. The van der Waals surface area contributed by atoms with E-state index in [0.29, 0.717) is 24.0 Å². The van der Waals surface area contributed by atoms with Gasteiger partial charge in [-0.3, -0.25) is 0 Å². The number of carboxylic acid groups (broad SMARTS) is 2. The summed E-state index contributed by atoms with van der Waals surface area (Å²) in [4.78, 5) is 21.8. The third-order valence-corrected chi connectivity index (χ3v) is 11.4. The predicted octanol–water partition coefficient (Wildman–Crippen LogP) is 4.97. The molecule has 53 heavy (non-hydrogen) atoms. The minimum atomic E-state index is -1.08. The number of ether oxygens (including phenoxy) is 2. The van der Waals surface area contributed by atoms with Crippen molar-refractivity contribution < 1.29 is 58.8 Å². The van der Waals surface area contributed by atoms with Crippen molar-refractivity contribution in [3.05, 3.63) is 83.0 Å². The molecular formula is C46H54NaO6-. The van der Waals surface area contributed by atoms with Crippen LogP contribution in [0.4, 0.5) is 0 Å². The second-order valence-corrected chi connectivity index (χ2v) is 15.2. The first-order chi connectivity index (χ1) is 25.2. The van der Waals surface area contributed by atoms with Crippen LogP contribution in [0.5, 0.6) is 11.5 Å². The van der Waals surface area contributed by atoms with Gasteiger partial charge in [-0.2, -0.15) is 0 Å². The summed E-state index contributed by atoms with van der Waals surface area (Å²) in [5.74, 6) is 10.3. The molecule has 0 aromatic heterocycles. The zero-order chi connectivity index (χ0) is 36.8. The van der Waals surface area contributed by atoms with E-state index in [9.17, 15) is 19.8 Å². The number of aliphatic carboxylic acids is 2. The fourth-order valence-electron chi connectivity index (χ4n) is 8.80. The first-order valence-corrected chi connectivity index (χ1v) is 19.3. The molecule has 0 bridgehead atoms. The number of rotatable bonds is 12. The van der Waals surface area contributed by atoms with Crippen molar-refractivity contribution in [3.8, 4) is 35.2 Å². The number of carboxylic acids is 2. The van der Waals surface area contributed by atoms with Crippen LogP contribution in [0.15, 0.2) is 71.8 Å². The Morgan fingerprint density at radius 1 is 0.604 bits per heavy atom. The van der Waals surface area contributed by atoms with Crippen molar-refractivity contribution in [3.63, 3.8) is 0 Å². The monoisotopic (exact) mass is 725 g/mol. The molecule has 2 aromatic rings. The average Bonchev–Trinajstić information content (AvgIpc) is 3.79. The Labute approximate surface area is 339 Å². The third-order valence-electron chi connectivity index (χ3n) is 11.4. The SMILES string of the molecule is CC#C[C@@H](CC(=O)[O-])c1ccc(OCC2=CC3(CCCC3)CCC2)cc1.CC#C[C@@H](CC(=O)[O-])c1ccc(OCC2=CC3(CCCC3)CCC2)cc1.[Na+]. The van der Waals surface area contributed by atoms with E-state index >= 15 is 0 Å². The zero-order valence-corrected chi connectivity index (χ0v) is 34.1. The number of hydrogen-bond acceptors (Lipinski definition) is 6. The van der Waals surface area contributed by atoms with Crippen LogP contribution in [0.3, 0.4) is 0 Å². The average molecular weight is 726 g/mol. The summed E-state index contributed by atoms with van der Waals surface area (Å²) in [7, 11) is 0. The standard InChI is InChI=1S/2C23H28O3.Na/c2*1-2-6-20(15-22(24)25)19-8-10-21(11-9-19)26-17-18-7-5-14-23(16-18)12-3-4-13-23;/h2*8-11,16,20H,3-5,7,12-15,17H2,1H3,(H,24,25);/q;;+1/p-2/t2*20-;/m00./s1. The summed E-state index contributed by atoms with van der Waals surface area (Å²) in [5, 5.41) is 21.8. The van der Waals surface area contributed by atoms with Crippen LogP contribution in [0.25, 0.3) is 0 Å². The molecule has 0 amide bonds. The van der Waals surface area contributed by atoms with Crippen LogP contribution in [0.1, 0.15) is 140 Å². The van der Waals surface area contributed by atoms with Crippen molar-refractivity contribution in [1.82, 2.24) is 0 Å². The van der Waals surface area contributed by atoms with Gasteiger partial charge in [-0.1, -0.05) is 73.9 Å². The van der Waals surface area contributed by atoms with E-state index in [1.807, 2.05) is 48.5 Å². The van der Waals surface area contributed by atoms with Crippen LogP contribution in [-0.4, -0.2) is 25.2 Å². The number of allylic oxidation sites excluding steroid dienone is 2. The van der Waals surface area contributed by atoms with Crippen LogP contribution in [-0.2, 0) is 9.59 Å². The normalized spacial score (nSPS) is 19.0. The predicted molar refractivity (Wildman–Crippen MR) is 201 cm³/mol. The van der Waals surface area contributed by atoms with Crippen molar-refractivity contribution >= 4 is 11.9 Å². The largest absolute Gasteiger partial charge is 1.00 e. The van der Waals surface area contributed by atoms with E-state index in [1.165, 1.54) is 88.2 Å². The Bertz CT molecular complexity index is 1560. The van der Waals surface area contributed by atoms with Crippen LogP contribution < -0.4 is 49.2 Å². The third kappa shape index (κ3) is 12.8. The Balaban J connectivity index is 0.000000232. The number of carbonyl (C=O) groups is 2. The molecule has 0 N–H and O–H groups in total. The molecule has 0 radical (unpaired) electrons. The molecule has 6 nitrogen and oxygen atoms in total. The Morgan fingerprint density at radius 3 is 1.26 bits per heavy atom. The molecule has 6 rings (SSSR count). The Morgan fingerprint density at radius 2 is 0.943 bits per heavy atom. The molecule has 2 fully saturated rings. The van der Waals surface area contributed by atoms with Gasteiger partial charge in [-0.05, 0) is 135 Å². The maximum Gasteiger partial charge on any atom is 1.00 e. The quantitative estimate of drug-likeness (QED) is 0.174. The molecule has 0 saturated heterocycles. The van der Waals surface area contributed by atoms with Gasteiger partial charge in [0.25, 0.3) is 0 Å². The number of benzene rings is 2. The van der Waals surface area contributed by atoms with Crippen LogP contribution in [0.2, 0.25) is 0 Å². The summed E-state index contributed by atoms with van der Waals surface area (Å²) < 4.78 is 12.0. The van der Waals surface area contributed by atoms with E-state index in [1.54, 1.807) is 13.8 Å². The van der Waals surface area contributed by atoms with Gasteiger partial charge >= 0.3 is 29.6 Å². The summed E-state index contributed by atoms with van der Waals surface area (Å²) in [6.07, 6.45) is 23.1. The van der Waals surface area contributed by atoms with Crippen molar-refractivity contribution in [1.29, 1.82) is 0 Å². The van der Waals surface area contributed by atoms with Gasteiger partial charge in [0.1, 0.15) is 24.7 Å². The zero-order valence-electron chi connectivity index (χ0n) is 32.1. The van der Waals surface area contributed by atoms with Crippen molar-refractivity contribution in [2.45, 2.75) is 128 Å². The molecule has 4 aliphatic rings. The summed E-state index contributed by atoms with van der Waals surface area (Å²) in [5.41, 5.74) is 5.54. The van der Waals surface area contributed by atoms with Gasteiger partial charge in [-0.25, -0.2) is 0 Å². The van der Waals surface area contributed by atoms with E-state index in [4.69, 9.17) is 9.47 Å². The van der Waals surface area contributed by atoms with Crippen LogP contribution >= 0.6 is 0 Å². The molecular weight excluding hydrogens is 671 g/mol. The second kappa shape index (κ2) is 20.9. The van der Waals surface area contributed by atoms with Crippen molar-refractivity contribution in [2.24, 2.45) is 10.8 Å². The molecule has 0 heterocycles. The van der Waals surface area contributed by atoms with Gasteiger partial charge in [0.15, 0.2) is 0 Å². The molecule has 0 unspecified atom stereocenters. The molecule has 0 aliphatic heterocycles. The fraction of sp³-hybridized carbons (Fsp3) is 0.522. The first kappa shape index (κ1) is 42.3. The molecule has 2 aromatic carbocycles. The Kier molecular flexibility index (Phi) is 16.7. The smallest absolute Gasteiger partial charge is 0.550 e. The van der Waals surface area contributed by atoms with Crippen molar-refractivity contribution in [2.75, 3.05) is 13.2 Å².